The summed E-state index contributed by atoms with van der Waals surface area (Å²) >= 11 is 0. The molecule has 3 amide bonds. The van der Waals surface area contributed by atoms with Crippen molar-refractivity contribution >= 4 is 17.7 Å². The Kier molecular flexibility index (Phi) is 6.73. The van der Waals surface area contributed by atoms with Gasteiger partial charge in [-0.1, -0.05) is 32.4 Å². The summed E-state index contributed by atoms with van der Waals surface area (Å²) in [5, 5.41) is 0. The third-order valence-corrected chi connectivity index (χ3v) is 4.83. The van der Waals surface area contributed by atoms with Gasteiger partial charge in [0.2, 0.25) is 11.8 Å². The van der Waals surface area contributed by atoms with Gasteiger partial charge in [0.05, 0.1) is 6.54 Å². The standard InChI is InChI=1S/C20H28N2O3/c1-4-6-13-21(15(3)5-2)20(25)17-9-7-16(8-10-17)14-22-18(23)11-12-19(22)24/h7-10,15H,4-6,11-14H2,1-3H3. The van der Waals surface area contributed by atoms with E-state index < -0.39 is 0 Å². The second-order valence-corrected chi connectivity index (χ2v) is 6.68. The molecule has 2 rings (SSSR count). The number of benzene rings is 1. The smallest absolute Gasteiger partial charge is 0.254 e. The lowest BCUT2D eigenvalue weighted by Gasteiger charge is -2.28. The SMILES string of the molecule is CCCCN(C(=O)c1ccc(CN2C(=O)CCC2=O)cc1)C(C)CC. The highest BCUT2D eigenvalue weighted by atomic mass is 16.2. The van der Waals surface area contributed by atoms with Crippen LogP contribution in [0.4, 0.5) is 0 Å². The first-order valence-corrected chi connectivity index (χ1v) is 9.21. The number of likely N-dealkylation sites (tertiary alicyclic amines) is 1. The molecule has 1 aliphatic rings. The van der Waals surface area contributed by atoms with E-state index in [1.54, 1.807) is 12.1 Å². The predicted octanol–water partition coefficient (Wildman–Crippen LogP) is 3.38. The van der Waals surface area contributed by atoms with Crippen molar-refractivity contribution in [3.05, 3.63) is 35.4 Å². The maximum atomic E-state index is 12.8. The van der Waals surface area contributed by atoms with Gasteiger partial charge in [0, 0.05) is 31.0 Å². The third-order valence-electron chi connectivity index (χ3n) is 4.83. The quantitative estimate of drug-likeness (QED) is 0.679. The molecule has 1 fully saturated rings. The van der Waals surface area contributed by atoms with Crippen LogP contribution in [-0.2, 0) is 16.1 Å². The van der Waals surface area contributed by atoms with Gasteiger partial charge < -0.3 is 4.90 Å². The zero-order valence-electron chi connectivity index (χ0n) is 15.5. The number of nitrogens with zero attached hydrogens (tertiary/aromatic N) is 2. The molecule has 0 bridgehead atoms. The Morgan fingerprint density at radius 3 is 2.24 bits per heavy atom. The Morgan fingerprint density at radius 2 is 1.72 bits per heavy atom. The number of unbranched alkanes of at least 4 members (excludes halogenated alkanes) is 1. The largest absolute Gasteiger partial charge is 0.336 e. The minimum absolute atomic E-state index is 0.0441. The molecule has 1 aromatic rings. The Bertz CT molecular complexity index is 608. The molecule has 1 saturated heterocycles. The summed E-state index contributed by atoms with van der Waals surface area (Å²) in [6, 6.07) is 7.47. The summed E-state index contributed by atoms with van der Waals surface area (Å²) in [6.45, 7) is 7.34. The molecule has 0 saturated carbocycles. The van der Waals surface area contributed by atoms with Crippen molar-refractivity contribution in [2.24, 2.45) is 0 Å². The van der Waals surface area contributed by atoms with Crippen LogP contribution in [0.25, 0.3) is 0 Å². The first-order chi connectivity index (χ1) is 12.0. The fraction of sp³-hybridized carbons (Fsp3) is 0.550. The number of rotatable bonds is 8. The molecule has 1 aliphatic heterocycles. The second-order valence-electron chi connectivity index (χ2n) is 6.68. The van der Waals surface area contributed by atoms with E-state index in [4.69, 9.17) is 0 Å². The summed E-state index contributed by atoms with van der Waals surface area (Å²) in [4.78, 5) is 39.5. The highest BCUT2D eigenvalue weighted by molar-refractivity contribution is 6.01. The lowest BCUT2D eigenvalue weighted by molar-refractivity contribution is -0.139. The molecular formula is C20H28N2O3. The van der Waals surface area contributed by atoms with Crippen LogP contribution in [0.3, 0.4) is 0 Å². The van der Waals surface area contributed by atoms with Crippen LogP contribution >= 0.6 is 0 Å². The van der Waals surface area contributed by atoms with Crippen LogP contribution in [0.2, 0.25) is 0 Å². The number of carbonyl (C=O) groups is 3. The number of imide groups is 1. The maximum absolute atomic E-state index is 12.8. The van der Waals surface area contributed by atoms with E-state index in [0.29, 0.717) is 18.4 Å². The Morgan fingerprint density at radius 1 is 1.12 bits per heavy atom. The third kappa shape index (κ3) is 4.68. The fourth-order valence-corrected chi connectivity index (χ4v) is 2.97. The van der Waals surface area contributed by atoms with E-state index in [0.717, 1.165) is 31.4 Å². The highest BCUT2D eigenvalue weighted by Crippen LogP contribution is 2.18. The van der Waals surface area contributed by atoms with Crippen molar-refractivity contribution in [2.45, 2.75) is 65.5 Å². The van der Waals surface area contributed by atoms with Crippen LogP contribution in [0, 0.1) is 0 Å². The first kappa shape index (κ1) is 19.2. The van der Waals surface area contributed by atoms with E-state index in [2.05, 4.69) is 20.8 Å². The van der Waals surface area contributed by atoms with E-state index in [-0.39, 0.29) is 30.3 Å². The highest BCUT2D eigenvalue weighted by Gasteiger charge is 2.28. The fourth-order valence-electron chi connectivity index (χ4n) is 2.97. The summed E-state index contributed by atoms with van der Waals surface area (Å²) in [5.74, 6) is -0.192. The minimum atomic E-state index is -0.118. The van der Waals surface area contributed by atoms with Crippen molar-refractivity contribution in [1.82, 2.24) is 9.80 Å². The number of amides is 3. The van der Waals surface area contributed by atoms with Crippen LogP contribution in [-0.4, -0.2) is 40.1 Å². The van der Waals surface area contributed by atoms with Crippen molar-refractivity contribution in [3.63, 3.8) is 0 Å². The molecule has 1 heterocycles. The number of hydrogen-bond acceptors (Lipinski definition) is 3. The van der Waals surface area contributed by atoms with Gasteiger partial charge >= 0.3 is 0 Å². The lowest BCUT2D eigenvalue weighted by atomic mass is 10.1. The normalized spacial score (nSPS) is 15.6. The van der Waals surface area contributed by atoms with E-state index in [1.165, 1.54) is 4.90 Å². The molecule has 0 aromatic heterocycles. The molecular weight excluding hydrogens is 316 g/mol. The molecule has 1 aromatic carbocycles. The van der Waals surface area contributed by atoms with Gasteiger partial charge in [-0.2, -0.15) is 0 Å². The first-order valence-electron chi connectivity index (χ1n) is 9.21. The van der Waals surface area contributed by atoms with Crippen molar-refractivity contribution in [2.75, 3.05) is 6.54 Å². The van der Waals surface area contributed by atoms with E-state index in [9.17, 15) is 14.4 Å². The van der Waals surface area contributed by atoms with E-state index in [1.807, 2.05) is 17.0 Å². The van der Waals surface area contributed by atoms with Gasteiger partial charge in [-0.15, -0.1) is 0 Å². The van der Waals surface area contributed by atoms with Crippen LogP contribution < -0.4 is 0 Å². The van der Waals surface area contributed by atoms with Gasteiger partial charge in [-0.3, -0.25) is 19.3 Å². The van der Waals surface area contributed by atoms with Gasteiger partial charge in [0.15, 0.2) is 0 Å². The molecule has 136 valence electrons. The van der Waals surface area contributed by atoms with Crippen LogP contribution in [0.1, 0.15) is 68.8 Å². The number of carbonyl (C=O) groups excluding carboxylic acids is 3. The topological polar surface area (TPSA) is 57.7 Å². The molecule has 0 aliphatic carbocycles. The lowest BCUT2D eigenvalue weighted by Crippen LogP contribution is -2.39. The Balaban J connectivity index is 2.08. The average Bonchev–Trinajstić information content (AvgIpc) is 2.94. The minimum Gasteiger partial charge on any atom is -0.336 e. The summed E-state index contributed by atoms with van der Waals surface area (Å²) in [5.41, 5.74) is 1.52. The molecule has 0 N–H and O–H groups in total. The molecule has 0 spiro atoms. The Labute approximate surface area is 150 Å². The molecule has 5 heteroatoms. The van der Waals surface area contributed by atoms with Crippen molar-refractivity contribution in [1.29, 1.82) is 0 Å². The summed E-state index contributed by atoms with van der Waals surface area (Å²) in [6.07, 6.45) is 3.57. The predicted molar refractivity (Wildman–Crippen MR) is 96.9 cm³/mol. The van der Waals surface area contributed by atoms with Crippen molar-refractivity contribution in [3.8, 4) is 0 Å². The van der Waals surface area contributed by atoms with Crippen LogP contribution in [0.5, 0.6) is 0 Å². The zero-order valence-corrected chi connectivity index (χ0v) is 15.5. The van der Waals surface area contributed by atoms with Gasteiger partial charge in [0.1, 0.15) is 0 Å². The van der Waals surface area contributed by atoms with E-state index >= 15 is 0 Å². The van der Waals surface area contributed by atoms with Gasteiger partial charge in [0.25, 0.3) is 5.91 Å². The van der Waals surface area contributed by atoms with Gasteiger partial charge in [-0.25, -0.2) is 0 Å². The van der Waals surface area contributed by atoms with Crippen LogP contribution in [0.15, 0.2) is 24.3 Å². The monoisotopic (exact) mass is 344 g/mol. The molecule has 0 radical (unpaired) electrons. The van der Waals surface area contributed by atoms with Crippen molar-refractivity contribution < 1.29 is 14.4 Å². The second kappa shape index (κ2) is 8.79. The Hall–Kier alpha value is -2.17. The average molecular weight is 344 g/mol. The maximum Gasteiger partial charge on any atom is 0.254 e. The molecule has 5 nitrogen and oxygen atoms in total. The number of hydrogen-bond donors (Lipinski definition) is 0. The molecule has 1 atom stereocenters. The summed E-state index contributed by atoms with van der Waals surface area (Å²) in [7, 11) is 0. The molecule has 25 heavy (non-hydrogen) atoms. The van der Waals surface area contributed by atoms with Gasteiger partial charge in [-0.05, 0) is 37.5 Å². The molecule has 1 unspecified atom stereocenters. The summed E-state index contributed by atoms with van der Waals surface area (Å²) < 4.78 is 0. The zero-order chi connectivity index (χ0) is 18.4.